The Balaban J connectivity index is 1.96. The third-order valence-electron chi connectivity index (χ3n) is 3.88. The first-order chi connectivity index (χ1) is 11.4. The fraction of sp³-hybridized carbons (Fsp3) is 0.235. The molecule has 0 saturated heterocycles. The van der Waals surface area contributed by atoms with Crippen molar-refractivity contribution < 1.29 is 12.8 Å². The fourth-order valence-electron chi connectivity index (χ4n) is 2.54. The largest absolute Gasteiger partial charge is 0.419 e. The molecule has 7 heteroatoms. The second-order valence-electron chi connectivity index (χ2n) is 5.40. The van der Waals surface area contributed by atoms with Crippen LogP contribution in [0.2, 0.25) is 0 Å². The van der Waals surface area contributed by atoms with Crippen LogP contribution < -0.4 is 10.5 Å². The average molecular weight is 346 g/mol. The van der Waals surface area contributed by atoms with Gasteiger partial charge in [-0.05, 0) is 43.2 Å². The van der Waals surface area contributed by atoms with Crippen LogP contribution in [0.25, 0.3) is 11.1 Å². The minimum atomic E-state index is -3.76. The zero-order valence-electron chi connectivity index (χ0n) is 13.4. The highest BCUT2D eigenvalue weighted by Crippen LogP contribution is 2.21. The summed E-state index contributed by atoms with van der Waals surface area (Å²) in [5, 5.41) is 0. The van der Waals surface area contributed by atoms with Gasteiger partial charge in [-0.25, -0.2) is 13.2 Å². The molecule has 0 radical (unpaired) electrons. The average Bonchev–Trinajstić information content (AvgIpc) is 2.89. The van der Waals surface area contributed by atoms with Crippen LogP contribution in [0.3, 0.4) is 0 Å². The molecular formula is C17H18N2O4S. The van der Waals surface area contributed by atoms with Crippen LogP contribution >= 0.6 is 0 Å². The SMILES string of the molecule is CCc1ccc(NS(=O)(=O)c2ccc3c(c2)oc(=O)n3CC)cc1. The maximum Gasteiger partial charge on any atom is 0.419 e. The Bertz CT molecular complexity index is 1030. The summed E-state index contributed by atoms with van der Waals surface area (Å²) in [4.78, 5) is 11.8. The summed E-state index contributed by atoms with van der Waals surface area (Å²) in [6.07, 6.45) is 0.886. The molecule has 0 unspecified atom stereocenters. The molecule has 2 aromatic carbocycles. The van der Waals surface area contributed by atoms with E-state index in [0.717, 1.165) is 12.0 Å². The van der Waals surface area contributed by atoms with Gasteiger partial charge in [-0.2, -0.15) is 0 Å². The first kappa shape index (κ1) is 16.3. The Morgan fingerprint density at radius 1 is 1.08 bits per heavy atom. The Hall–Kier alpha value is -2.54. The van der Waals surface area contributed by atoms with Gasteiger partial charge in [0.15, 0.2) is 5.58 Å². The summed E-state index contributed by atoms with van der Waals surface area (Å²) in [7, 11) is -3.76. The van der Waals surface area contributed by atoms with Crippen LogP contribution in [0.5, 0.6) is 0 Å². The number of nitrogens with one attached hydrogen (secondary N) is 1. The van der Waals surface area contributed by atoms with Crippen LogP contribution in [0.15, 0.2) is 56.6 Å². The van der Waals surface area contributed by atoms with E-state index in [-0.39, 0.29) is 10.5 Å². The van der Waals surface area contributed by atoms with Crippen molar-refractivity contribution in [2.75, 3.05) is 4.72 Å². The molecule has 1 aromatic heterocycles. The zero-order chi connectivity index (χ0) is 17.3. The Morgan fingerprint density at radius 2 is 1.79 bits per heavy atom. The van der Waals surface area contributed by atoms with Crippen molar-refractivity contribution in [2.45, 2.75) is 31.7 Å². The Morgan fingerprint density at radius 3 is 2.42 bits per heavy atom. The lowest BCUT2D eigenvalue weighted by Crippen LogP contribution is -2.13. The maximum atomic E-state index is 12.5. The highest BCUT2D eigenvalue weighted by molar-refractivity contribution is 7.92. The number of anilines is 1. The Labute approximate surface area is 139 Å². The lowest BCUT2D eigenvalue weighted by atomic mass is 10.2. The summed E-state index contributed by atoms with van der Waals surface area (Å²) in [5.74, 6) is -0.495. The van der Waals surface area contributed by atoms with E-state index in [0.29, 0.717) is 17.7 Å². The van der Waals surface area contributed by atoms with Gasteiger partial charge in [0.2, 0.25) is 0 Å². The van der Waals surface area contributed by atoms with E-state index >= 15 is 0 Å². The van der Waals surface area contributed by atoms with Crippen molar-refractivity contribution in [1.29, 1.82) is 0 Å². The van der Waals surface area contributed by atoms with Crippen molar-refractivity contribution in [3.63, 3.8) is 0 Å². The van der Waals surface area contributed by atoms with E-state index in [1.54, 1.807) is 18.2 Å². The van der Waals surface area contributed by atoms with Gasteiger partial charge in [-0.3, -0.25) is 9.29 Å². The summed E-state index contributed by atoms with van der Waals surface area (Å²) >= 11 is 0. The topological polar surface area (TPSA) is 81.3 Å². The first-order valence-corrected chi connectivity index (χ1v) is 9.18. The number of hydrogen-bond acceptors (Lipinski definition) is 4. The molecule has 1 N–H and O–H groups in total. The molecule has 1 heterocycles. The lowest BCUT2D eigenvalue weighted by Gasteiger charge is -2.08. The molecule has 0 spiro atoms. The number of sulfonamides is 1. The van der Waals surface area contributed by atoms with Gasteiger partial charge in [0, 0.05) is 18.3 Å². The molecule has 0 aliphatic rings. The number of aryl methyl sites for hydroxylation is 2. The minimum absolute atomic E-state index is 0.0478. The quantitative estimate of drug-likeness (QED) is 0.770. The van der Waals surface area contributed by atoms with E-state index in [1.165, 1.54) is 16.7 Å². The van der Waals surface area contributed by atoms with Crippen molar-refractivity contribution in [2.24, 2.45) is 0 Å². The molecule has 3 aromatic rings. The van der Waals surface area contributed by atoms with Crippen molar-refractivity contribution in [3.8, 4) is 0 Å². The van der Waals surface area contributed by atoms with E-state index in [1.807, 2.05) is 26.0 Å². The molecule has 6 nitrogen and oxygen atoms in total. The molecular weight excluding hydrogens is 328 g/mol. The summed E-state index contributed by atoms with van der Waals surface area (Å²) in [5.41, 5.74) is 2.45. The van der Waals surface area contributed by atoms with Gasteiger partial charge in [0.25, 0.3) is 10.0 Å². The lowest BCUT2D eigenvalue weighted by molar-refractivity contribution is 0.512. The number of rotatable bonds is 5. The Kier molecular flexibility index (Phi) is 4.19. The number of hydrogen-bond donors (Lipinski definition) is 1. The van der Waals surface area contributed by atoms with Crippen molar-refractivity contribution in [1.82, 2.24) is 4.57 Å². The molecule has 126 valence electrons. The predicted octanol–water partition coefficient (Wildman–Crippen LogP) is 2.98. The van der Waals surface area contributed by atoms with Gasteiger partial charge in [-0.1, -0.05) is 19.1 Å². The first-order valence-electron chi connectivity index (χ1n) is 7.69. The number of benzene rings is 2. The van der Waals surface area contributed by atoms with Crippen LogP contribution in [0.1, 0.15) is 19.4 Å². The molecule has 0 atom stereocenters. The zero-order valence-corrected chi connectivity index (χ0v) is 14.3. The number of oxazole rings is 1. The molecule has 0 aliphatic carbocycles. The van der Waals surface area contributed by atoms with Crippen LogP contribution in [0.4, 0.5) is 5.69 Å². The summed E-state index contributed by atoms with van der Waals surface area (Å²) in [6, 6.07) is 11.6. The molecule has 0 aliphatic heterocycles. The highest BCUT2D eigenvalue weighted by Gasteiger charge is 2.17. The van der Waals surface area contributed by atoms with Crippen molar-refractivity contribution in [3.05, 3.63) is 58.6 Å². The molecule has 24 heavy (non-hydrogen) atoms. The third-order valence-corrected chi connectivity index (χ3v) is 5.26. The van der Waals surface area contributed by atoms with Gasteiger partial charge < -0.3 is 4.42 Å². The minimum Gasteiger partial charge on any atom is -0.408 e. The van der Waals surface area contributed by atoms with Crippen molar-refractivity contribution >= 4 is 26.8 Å². The molecule has 3 rings (SSSR count). The third kappa shape index (κ3) is 2.94. The van der Waals surface area contributed by atoms with E-state index in [2.05, 4.69) is 4.72 Å². The van der Waals surface area contributed by atoms with E-state index < -0.39 is 15.8 Å². The second-order valence-corrected chi connectivity index (χ2v) is 7.08. The number of nitrogens with zero attached hydrogens (tertiary/aromatic N) is 1. The van der Waals surface area contributed by atoms with E-state index in [9.17, 15) is 13.2 Å². The summed E-state index contributed by atoms with van der Waals surface area (Å²) in [6.45, 7) is 4.31. The molecule has 0 fully saturated rings. The van der Waals surface area contributed by atoms with Gasteiger partial charge >= 0.3 is 5.76 Å². The highest BCUT2D eigenvalue weighted by atomic mass is 32.2. The molecule has 0 bridgehead atoms. The van der Waals surface area contributed by atoms with Gasteiger partial charge in [-0.15, -0.1) is 0 Å². The number of aromatic nitrogens is 1. The molecule has 0 saturated carbocycles. The standard InChI is InChI=1S/C17H18N2O4S/c1-3-12-5-7-13(8-6-12)18-24(21,22)14-9-10-15-16(11-14)23-17(20)19(15)4-2/h5-11,18H,3-4H2,1-2H3. The maximum absolute atomic E-state index is 12.5. The number of fused-ring (bicyclic) bond motifs is 1. The second kappa shape index (κ2) is 6.16. The van der Waals surface area contributed by atoms with Crippen LogP contribution in [-0.2, 0) is 23.0 Å². The monoisotopic (exact) mass is 346 g/mol. The van der Waals surface area contributed by atoms with E-state index in [4.69, 9.17) is 4.42 Å². The van der Waals surface area contributed by atoms with Gasteiger partial charge in [0.05, 0.1) is 10.4 Å². The normalized spacial score (nSPS) is 11.8. The fourth-order valence-corrected chi connectivity index (χ4v) is 3.61. The predicted molar refractivity (Wildman–Crippen MR) is 92.8 cm³/mol. The molecule has 0 amide bonds. The van der Waals surface area contributed by atoms with Crippen LogP contribution in [-0.4, -0.2) is 13.0 Å². The van der Waals surface area contributed by atoms with Crippen LogP contribution in [0, 0.1) is 0 Å². The smallest absolute Gasteiger partial charge is 0.408 e. The summed E-state index contributed by atoms with van der Waals surface area (Å²) < 4.78 is 34.1. The van der Waals surface area contributed by atoms with Gasteiger partial charge in [0.1, 0.15) is 0 Å².